The van der Waals surface area contributed by atoms with Crippen molar-refractivity contribution < 1.29 is 9.90 Å². The number of hydrogen-bond acceptors (Lipinski definition) is 4. The number of rotatable bonds is 2. The van der Waals surface area contributed by atoms with E-state index in [0.717, 1.165) is 4.47 Å². The summed E-state index contributed by atoms with van der Waals surface area (Å²) in [5, 5.41) is 9.04. The monoisotopic (exact) mass is 307 g/mol. The Morgan fingerprint density at radius 1 is 1.22 bits per heavy atom. The zero-order chi connectivity index (χ0) is 13.3. The van der Waals surface area contributed by atoms with Crippen molar-refractivity contribution >= 4 is 21.9 Å². The van der Waals surface area contributed by atoms with Gasteiger partial charge in [-0.05, 0) is 41.9 Å². The lowest BCUT2D eigenvalue weighted by atomic mass is 10.1. The first-order chi connectivity index (χ1) is 8.49. The molecule has 0 aliphatic rings. The summed E-state index contributed by atoms with van der Waals surface area (Å²) in [5.74, 6) is -0.581. The number of aryl methyl sites for hydroxylation is 2. The summed E-state index contributed by atoms with van der Waals surface area (Å²) in [7, 11) is 0. The predicted molar refractivity (Wildman–Crippen MR) is 69.4 cm³/mol. The zero-order valence-electron chi connectivity index (χ0n) is 9.81. The van der Waals surface area contributed by atoms with Gasteiger partial charge in [-0.15, -0.1) is 0 Å². The van der Waals surface area contributed by atoms with Gasteiger partial charge in [-0.25, -0.2) is 14.8 Å². The summed E-state index contributed by atoms with van der Waals surface area (Å²) < 4.78 is 0.863. The Morgan fingerprint density at radius 2 is 1.83 bits per heavy atom. The Balaban J connectivity index is 2.54. The number of carboxylic acids is 1. The molecule has 0 fully saturated rings. The average Bonchev–Trinajstić information content (AvgIpc) is 2.28. The molecule has 0 radical (unpaired) electrons. The molecular formula is C12H10BrN3O2. The highest BCUT2D eigenvalue weighted by Gasteiger charge is 2.15. The fraction of sp³-hybridized carbons (Fsp3) is 0.167. The van der Waals surface area contributed by atoms with Crippen molar-refractivity contribution in [3.05, 3.63) is 39.8 Å². The smallest absolute Gasteiger partial charge is 0.339 e. The predicted octanol–water partition coefficient (Wildman–Crippen LogP) is 2.62. The number of aromatic carboxylic acids is 1. The van der Waals surface area contributed by atoms with Crippen molar-refractivity contribution in [2.75, 3.05) is 0 Å². The Hall–Kier alpha value is -1.82. The third-order valence-electron chi connectivity index (χ3n) is 2.44. The maximum Gasteiger partial charge on any atom is 0.339 e. The molecule has 0 aromatic carbocycles. The molecule has 0 aliphatic carbocycles. The molecule has 0 aliphatic heterocycles. The van der Waals surface area contributed by atoms with Crippen LogP contribution in [0.3, 0.4) is 0 Å². The van der Waals surface area contributed by atoms with Crippen molar-refractivity contribution in [3.8, 4) is 11.5 Å². The second-order valence-electron chi connectivity index (χ2n) is 3.76. The first-order valence-electron chi connectivity index (χ1n) is 5.19. The van der Waals surface area contributed by atoms with Crippen LogP contribution in [-0.2, 0) is 0 Å². The van der Waals surface area contributed by atoms with E-state index in [0.29, 0.717) is 22.9 Å². The first kappa shape index (κ1) is 12.6. The molecule has 92 valence electrons. The van der Waals surface area contributed by atoms with Gasteiger partial charge in [0.1, 0.15) is 11.3 Å². The van der Waals surface area contributed by atoms with E-state index in [-0.39, 0.29) is 5.56 Å². The molecule has 2 rings (SSSR count). The number of nitrogens with zero attached hydrogens (tertiary/aromatic N) is 3. The fourth-order valence-corrected chi connectivity index (χ4v) is 1.88. The quantitative estimate of drug-likeness (QED) is 0.923. The minimum absolute atomic E-state index is 0.149. The first-order valence-corrected chi connectivity index (χ1v) is 5.99. The zero-order valence-corrected chi connectivity index (χ0v) is 11.4. The highest BCUT2D eigenvalue weighted by atomic mass is 79.9. The number of pyridine rings is 1. The summed E-state index contributed by atoms with van der Waals surface area (Å²) in [6.45, 7) is 3.31. The van der Waals surface area contributed by atoms with Gasteiger partial charge in [0.05, 0.1) is 11.4 Å². The molecule has 2 aromatic rings. The van der Waals surface area contributed by atoms with Crippen molar-refractivity contribution in [2.45, 2.75) is 13.8 Å². The molecular weight excluding hydrogens is 298 g/mol. The van der Waals surface area contributed by atoms with Crippen molar-refractivity contribution in [2.24, 2.45) is 0 Å². The van der Waals surface area contributed by atoms with Gasteiger partial charge >= 0.3 is 5.97 Å². The number of aromatic nitrogens is 3. The molecule has 2 aromatic heterocycles. The van der Waals surface area contributed by atoms with Gasteiger partial charge in [-0.2, -0.15) is 0 Å². The number of carboxylic acid groups (broad SMARTS) is 1. The third-order valence-corrected chi connectivity index (χ3v) is 2.91. The molecule has 0 saturated heterocycles. The van der Waals surface area contributed by atoms with E-state index in [4.69, 9.17) is 5.11 Å². The molecule has 2 heterocycles. The van der Waals surface area contributed by atoms with Gasteiger partial charge in [-0.3, -0.25) is 4.98 Å². The number of halogens is 1. The lowest BCUT2D eigenvalue weighted by molar-refractivity contribution is 0.0694. The molecule has 0 spiro atoms. The van der Waals surface area contributed by atoms with Crippen LogP contribution in [0.2, 0.25) is 0 Å². The third kappa shape index (κ3) is 2.38. The second-order valence-corrected chi connectivity index (χ2v) is 4.68. The Labute approximate surface area is 112 Å². The van der Waals surface area contributed by atoms with Crippen LogP contribution in [0.1, 0.15) is 21.7 Å². The van der Waals surface area contributed by atoms with E-state index >= 15 is 0 Å². The largest absolute Gasteiger partial charge is 0.478 e. The Kier molecular flexibility index (Phi) is 3.38. The van der Waals surface area contributed by atoms with Gasteiger partial charge in [-0.1, -0.05) is 0 Å². The highest BCUT2D eigenvalue weighted by Crippen LogP contribution is 2.18. The van der Waals surface area contributed by atoms with Crippen molar-refractivity contribution in [1.82, 2.24) is 15.0 Å². The summed E-state index contributed by atoms with van der Waals surface area (Å²) in [4.78, 5) is 23.6. The van der Waals surface area contributed by atoms with Gasteiger partial charge in [0.25, 0.3) is 0 Å². The summed E-state index contributed by atoms with van der Waals surface area (Å²) in [5.41, 5.74) is 1.64. The molecule has 0 amide bonds. The van der Waals surface area contributed by atoms with Gasteiger partial charge in [0.15, 0.2) is 5.82 Å². The topological polar surface area (TPSA) is 76.0 Å². The van der Waals surface area contributed by atoms with E-state index in [1.807, 2.05) is 6.07 Å². The summed E-state index contributed by atoms with van der Waals surface area (Å²) in [6, 6.07) is 3.61. The standard InChI is InChI=1S/C12H10BrN3O2/c1-6-10(12(17)18)7(2)16-11(15-6)9-4-3-8(13)5-14-9/h3-5H,1-2H3,(H,17,18). The Morgan fingerprint density at radius 3 is 2.28 bits per heavy atom. The molecule has 0 unspecified atom stereocenters. The molecule has 1 N–H and O–H groups in total. The molecule has 0 atom stereocenters. The molecule has 6 heteroatoms. The van der Waals surface area contributed by atoms with Gasteiger partial charge in [0.2, 0.25) is 0 Å². The molecule has 5 nitrogen and oxygen atoms in total. The number of carbonyl (C=O) groups is 1. The normalized spacial score (nSPS) is 10.4. The lowest BCUT2D eigenvalue weighted by Gasteiger charge is -2.06. The van der Waals surface area contributed by atoms with Gasteiger partial charge in [0, 0.05) is 10.7 Å². The summed E-state index contributed by atoms with van der Waals surface area (Å²) in [6.07, 6.45) is 1.65. The van der Waals surface area contributed by atoms with Gasteiger partial charge < -0.3 is 5.11 Å². The van der Waals surface area contributed by atoms with Crippen LogP contribution in [0.15, 0.2) is 22.8 Å². The minimum atomic E-state index is -1.01. The maximum absolute atomic E-state index is 11.0. The second kappa shape index (κ2) is 4.81. The number of hydrogen-bond donors (Lipinski definition) is 1. The molecule has 18 heavy (non-hydrogen) atoms. The van der Waals surface area contributed by atoms with E-state index < -0.39 is 5.97 Å². The maximum atomic E-state index is 11.0. The SMILES string of the molecule is Cc1nc(-c2ccc(Br)cn2)nc(C)c1C(=O)O. The fourth-order valence-electron chi connectivity index (χ4n) is 1.65. The van der Waals surface area contributed by atoms with Crippen LogP contribution < -0.4 is 0 Å². The van der Waals surface area contributed by atoms with Crippen molar-refractivity contribution in [1.29, 1.82) is 0 Å². The van der Waals surface area contributed by atoms with Crippen molar-refractivity contribution in [3.63, 3.8) is 0 Å². The van der Waals surface area contributed by atoms with Crippen LogP contribution >= 0.6 is 15.9 Å². The average molecular weight is 308 g/mol. The van der Waals surface area contributed by atoms with E-state index in [1.165, 1.54) is 0 Å². The Bertz CT molecular complexity index is 588. The van der Waals surface area contributed by atoms with Crippen LogP contribution in [0.5, 0.6) is 0 Å². The van der Waals surface area contributed by atoms with Crippen LogP contribution in [-0.4, -0.2) is 26.0 Å². The van der Waals surface area contributed by atoms with Crippen LogP contribution in [0.4, 0.5) is 0 Å². The summed E-state index contributed by atoms with van der Waals surface area (Å²) >= 11 is 3.30. The molecule has 0 bridgehead atoms. The minimum Gasteiger partial charge on any atom is -0.478 e. The van der Waals surface area contributed by atoms with Crippen LogP contribution in [0, 0.1) is 13.8 Å². The van der Waals surface area contributed by atoms with E-state index in [1.54, 1.807) is 26.1 Å². The highest BCUT2D eigenvalue weighted by molar-refractivity contribution is 9.10. The molecule has 0 saturated carbocycles. The van der Waals surface area contributed by atoms with Crippen LogP contribution in [0.25, 0.3) is 11.5 Å². The van der Waals surface area contributed by atoms with E-state index in [2.05, 4.69) is 30.9 Å². The van der Waals surface area contributed by atoms with E-state index in [9.17, 15) is 4.79 Å². The lowest BCUT2D eigenvalue weighted by Crippen LogP contribution is -2.08.